The Kier molecular flexibility index (Phi) is 2.99. The van der Waals surface area contributed by atoms with Gasteiger partial charge in [0.1, 0.15) is 0 Å². The van der Waals surface area contributed by atoms with Gasteiger partial charge in [-0.3, -0.25) is 0 Å². The van der Waals surface area contributed by atoms with E-state index >= 15 is 0 Å². The van der Waals surface area contributed by atoms with Gasteiger partial charge in [-0.1, -0.05) is 0 Å². The molecule has 4 bridgehead atoms. The standard InChI is InChI=1S/C16H26N2O2/c19-10-14-2-1-3-18(14)15(20)17-16-7-11-4-12(8-16)6-13(5-11)9-16/h11-14,19H,1-10H2,(H,17,20). The first kappa shape index (κ1) is 12.9. The molecule has 2 amide bonds. The predicted molar refractivity (Wildman–Crippen MR) is 76.2 cm³/mol. The van der Waals surface area contributed by atoms with Gasteiger partial charge in [0.25, 0.3) is 0 Å². The van der Waals surface area contributed by atoms with E-state index in [-0.39, 0.29) is 24.2 Å². The van der Waals surface area contributed by atoms with E-state index in [0.29, 0.717) is 0 Å². The summed E-state index contributed by atoms with van der Waals surface area (Å²) in [6.07, 6.45) is 9.77. The summed E-state index contributed by atoms with van der Waals surface area (Å²) in [6, 6.07) is 0.132. The van der Waals surface area contributed by atoms with Crippen molar-refractivity contribution >= 4 is 6.03 Å². The lowest BCUT2D eigenvalue weighted by Gasteiger charge is -2.57. The van der Waals surface area contributed by atoms with Crippen LogP contribution in [0.4, 0.5) is 4.79 Å². The summed E-state index contributed by atoms with van der Waals surface area (Å²) in [5, 5.41) is 12.8. The van der Waals surface area contributed by atoms with Crippen molar-refractivity contribution < 1.29 is 9.90 Å². The first-order valence-corrected chi connectivity index (χ1v) is 8.37. The van der Waals surface area contributed by atoms with Crippen molar-refractivity contribution in [3.05, 3.63) is 0 Å². The van der Waals surface area contributed by atoms with Crippen LogP contribution in [0.25, 0.3) is 0 Å². The summed E-state index contributed by atoms with van der Waals surface area (Å²) < 4.78 is 0. The molecule has 0 aromatic carbocycles. The third-order valence-electron chi connectivity index (χ3n) is 6.26. The summed E-state index contributed by atoms with van der Waals surface area (Å²) in [4.78, 5) is 14.5. The zero-order chi connectivity index (χ0) is 13.7. The van der Waals surface area contributed by atoms with E-state index in [1.54, 1.807) is 0 Å². The number of carbonyl (C=O) groups is 1. The molecule has 4 aliphatic carbocycles. The Morgan fingerprint density at radius 3 is 2.30 bits per heavy atom. The Hall–Kier alpha value is -0.770. The molecule has 4 nitrogen and oxygen atoms in total. The molecule has 0 radical (unpaired) electrons. The second kappa shape index (κ2) is 4.62. The van der Waals surface area contributed by atoms with E-state index in [0.717, 1.165) is 37.1 Å². The molecule has 1 atom stereocenters. The number of aliphatic hydroxyl groups is 1. The number of carbonyl (C=O) groups excluding carboxylic acids is 1. The fraction of sp³-hybridized carbons (Fsp3) is 0.938. The second-order valence-electron chi connectivity index (χ2n) is 7.80. The van der Waals surface area contributed by atoms with E-state index in [1.165, 1.54) is 38.5 Å². The normalized spacial score (nSPS) is 46.0. The number of likely N-dealkylation sites (tertiary alicyclic amines) is 1. The van der Waals surface area contributed by atoms with E-state index in [2.05, 4.69) is 5.32 Å². The van der Waals surface area contributed by atoms with E-state index < -0.39 is 0 Å². The quantitative estimate of drug-likeness (QED) is 0.813. The third-order valence-corrected chi connectivity index (χ3v) is 6.26. The van der Waals surface area contributed by atoms with Gasteiger partial charge in [0.15, 0.2) is 0 Å². The van der Waals surface area contributed by atoms with Gasteiger partial charge in [-0.05, 0) is 69.1 Å². The highest BCUT2D eigenvalue weighted by Crippen LogP contribution is 2.55. The number of nitrogens with one attached hydrogen (secondary N) is 1. The van der Waals surface area contributed by atoms with Gasteiger partial charge in [-0.2, -0.15) is 0 Å². The van der Waals surface area contributed by atoms with Crippen LogP contribution in [0, 0.1) is 17.8 Å². The molecule has 2 N–H and O–H groups in total. The summed E-state index contributed by atoms with van der Waals surface area (Å²) in [5.41, 5.74) is 0.0917. The highest BCUT2D eigenvalue weighted by Gasteiger charge is 2.52. The van der Waals surface area contributed by atoms with Crippen molar-refractivity contribution in [2.45, 2.75) is 62.9 Å². The highest BCUT2D eigenvalue weighted by molar-refractivity contribution is 5.76. The minimum absolute atomic E-state index is 0.0453. The molecule has 20 heavy (non-hydrogen) atoms. The predicted octanol–water partition coefficient (Wildman–Crippen LogP) is 2.12. The Bertz CT molecular complexity index is 374. The number of urea groups is 1. The first-order valence-electron chi connectivity index (χ1n) is 8.37. The van der Waals surface area contributed by atoms with Crippen molar-refractivity contribution in [1.82, 2.24) is 10.2 Å². The monoisotopic (exact) mass is 278 g/mol. The van der Waals surface area contributed by atoms with Gasteiger partial charge in [0, 0.05) is 12.1 Å². The van der Waals surface area contributed by atoms with E-state index in [1.807, 2.05) is 4.90 Å². The van der Waals surface area contributed by atoms with Crippen LogP contribution in [0.1, 0.15) is 51.4 Å². The molecule has 0 spiro atoms. The molecule has 5 fully saturated rings. The fourth-order valence-electron chi connectivity index (χ4n) is 5.86. The zero-order valence-electron chi connectivity index (χ0n) is 12.2. The molecule has 0 aromatic heterocycles. The van der Waals surface area contributed by atoms with Gasteiger partial charge in [0.05, 0.1) is 12.6 Å². The number of nitrogens with zero attached hydrogens (tertiary/aromatic N) is 1. The lowest BCUT2D eigenvalue weighted by atomic mass is 9.53. The number of amides is 2. The van der Waals surface area contributed by atoms with Gasteiger partial charge in [0.2, 0.25) is 0 Å². The van der Waals surface area contributed by atoms with Gasteiger partial charge >= 0.3 is 6.03 Å². The van der Waals surface area contributed by atoms with Crippen molar-refractivity contribution in [2.75, 3.05) is 13.2 Å². The smallest absolute Gasteiger partial charge is 0.318 e. The number of rotatable bonds is 2. The minimum Gasteiger partial charge on any atom is -0.394 e. The average molecular weight is 278 g/mol. The molecular weight excluding hydrogens is 252 g/mol. The molecule has 112 valence electrons. The molecule has 4 saturated carbocycles. The largest absolute Gasteiger partial charge is 0.394 e. The van der Waals surface area contributed by atoms with Crippen molar-refractivity contribution in [2.24, 2.45) is 17.8 Å². The first-order chi connectivity index (χ1) is 9.67. The highest BCUT2D eigenvalue weighted by atomic mass is 16.3. The van der Waals surface area contributed by atoms with Crippen molar-refractivity contribution in [3.8, 4) is 0 Å². The van der Waals surface area contributed by atoms with Crippen LogP contribution in [-0.2, 0) is 0 Å². The lowest BCUT2D eigenvalue weighted by Crippen LogP contribution is -2.62. The maximum Gasteiger partial charge on any atom is 0.318 e. The lowest BCUT2D eigenvalue weighted by molar-refractivity contribution is -0.0162. The average Bonchev–Trinajstić information content (AvgIpc) is 2.84. The summed E-state index contributed by atoms with van der Waals surface area (Å²) in [7, 11) is 0. The number of hydrogen-bond acceptors (Lipinski definition) is 2. The summed E-state index contributed by atoms with van der Waals surface area (Å²) in [5.74, 6) is 2.57. The number of aliphatic hydroxyl groups excluding tert-OH is 1. The molecular formula is C16H26N2O2. The fourth-order valence-corrected chi connectivity index (χ4v) is 5.86. The van der Waals surface area contributed by atoms with E-state index in [9.17, 15) is 9.90 Å². The summed E-state index contributed by atoms with van der Waals surface area (Å²) in [6.45, 7) is 0.914. The van der Waals surface area contributed by atoms with Gasteiger partial charge in [-0.15, -0.1) is 0 Å². The molecule has 5 aliphatic rings. The van der Waals surface area contributed by atoms with Crippen LogP contribution in [0.2, 0.25) is 0 Å². The van der Waals surface area contributed by atoms with Crippen LogP contribution >= 0.6 is 0 Å². The van der Waals surface area contributed by atoms with Crippen LogP contribution in [0.3, 0.4) is 0 Å². The SMILES string of the molecule is O=C(NC12CC3CC(CC(C3)C1)C2)N1CCCC1CO. The molecule has 1 saturated heterocycles. The Morgan fingerprint density at radius 1 is 1.15 bits per heavy atom. The second-order valence-corrected chi connectivity index (χ2v) is 7.80. The Labute approximate surface area is 120 Å². The molecule has 0 aromatic rings. The van der Waals surface area contributed by atoms with Crippen molar-refractivity contribution in [1.29, 1.82) is 0 Å². The Balaban J connectivity index is 1.47. The van der Waals surface area contributed by atoms with Crippen molar-refractivity contribution in [3.63, 3.8) is 0 Å². The zero-order valence-corrected chi connectivity index (χ0v) is 12.2. The Morgan fingerprint density at radius 2 is 1.75 bits per heavy atom. The molecule has 5 rings (SSSR count). The molecule has 1 aliphatic heterocycles. The van der Waals surface area contributed by atoms with Crippen LogP contribution < -0.4 is 5.32 Å². The minimum atomic E-state index is 0.0453. The van der Waals surface area contributed by atoms with Gasteiger partial charge < -0.3 is 15.3 Å². The van der Waals surface area contributed by atoms with E-state index in [4.69, 9.17) is 0 Å². The number of hydrogen-bond donors (Lipinski definition) is 2. The summed E-state index contributed by atoms with van der Waals surface area (Å²) >= 11 is 0. The van der Waals surface area contributed by atoms with Crippen LogP contribution in [-0.4, -0.2) is 40.8 Å². The maximum absolute atomic E-state index is 12.6. The molecule has 1 heterocycles. The molecule has 4 heteroatoms. The third kappa shape index (κ3) is 2.03. The topological polar surface area (TPSA) is 52.6 Å². The van der Waals surface area contributed by atoms with Gasteiger partial charge in [-0.25, -0.2) is 4.79 Å². The molecule has 1 unspecified atom stereocenters. The van der Waals surface area contributed by atoms with Crippen LogP contribution in [0.5, 0.6) is 0 Å². The maximum atomic E-state index is 12.6. The van der Waals surface area contributed by atoms with Crippen LogP contribution in [0.15, 0.2) is 0 Å².